The highest BCUT2D eigenvalue weighted by atomic mass is 32.2. The van der Waals surface area contributed by atoms with Crippen molar-refractivity contribution in [1.29, 1.82) is 0 Å². The van der Waals surface area contributed by atoms with E-state index in [-0.39, 0.29) is 17.7 Å². The third kappa shape index (κ3) is 5.94. The van der Waals surface area contributed by atoms with Gasteiger partial charge in [0, 0.05) is 0 Å². The molecule has 5 atom stereocenters. The molecule has 5 rings (SSSR count). The van der Waals surface area contributed by atoms with Crippen molar-refractivity contribution in [3.05, 3.63) is 41.6 Å². The summed E-state index contributed by atoms with van der Waals surface area (Å²) >= 11 is 0. The van der Waals surface area contributed by atoms with Crippen LogP contribution in [0.1, 0.15) is 43.2 Å². The van der Waals surface area contributed by atoms with Gasteiger partial charge in [-0.25, -0.2) is 13.1 Å². The molecule has 1 aliphatic carbocycles. The van der Waals surface area contributed by atoms with Crippen molar-refractivity contribution in [3.63, 3.8) is 0 Å². The van der Waals surface area contributed by atoms with Crippen LogP contribution in [0.4, 0.5) is 5.82 Å². The van der Waals surface area contributed by atoms with Gasteiger partial charge >= 0.3 is 13.6 Å². The normalized spacial score (nSPS) is 25.2. The molecule has 0 spiro atoms. The number of hydrogen-bond donors (Lipinski definition) is 5. The second-order valence-corrected chi connectivity index (χ2v) is 13.9. The molecule has 0 bridgehead atoms. The lowest BCUT2D eigenvalue weighted by atomic mass is 10.1. The van der Waals surface area contributed by atoms with Gasteiger partial charge in [0.05, 0.1) is 30.0 Å². The molecule has 212 valence electrons. The van der Waals surface area contributed by atoms with Crippen LogP contribution in [0.15, 0.2) is 30.5 Å². The maximum absolute atomic E-state index is 12.3. The van der Waals surface area contributed by atoms with Gasteiger partial charge in [0.25, 0.3) is 0 Å². The minimum atomic E-state index is -4.87. The first-order valence-corrected chi connectivity index (χ1v) is 16.1. The predicted molar refractivity (Wildman–Crippen MR) is 139 cm³/mol. The van der Waals surface area contributed by atoms with Crippen LogP contribution in [0, 0.1) is 0 Å². The minimum Gasteiger partial charge on any atom is -0.463 e. The molecule has 0 saturated carbocycles. The van der Waals surface area contributed by atoms with E-state index in [0.717, 1.165) is 18.4 Å². The fraction of sp³-hybridized carbons (Fsp3) is 0.522. The maximum atomic E-state index is 12.3. The predicted octanol–water partition coefficient (Wildman–Crippen LogP) is 0.884. The fourth-order valence-electron chi connectivity index (χ4n) is 4.96. The second-order valence-electron chi connectivity index (χ2n) is 9.71. The standard InChI is InChI=1S/C23H30N5O9PS/c1-2-9-36-23-26-20(25-16-8-7-13-5-3-4-6-14(13)16)15-10-24-28(21(15)27-23)22-19(30)18(29)17(37-22)11-39(34,35)12-38(31,32)33/h3-6,10,16-19,22,29-30H,2,7-9,11-12H2,1H3,(H,25,26,27)(H2,31,32,33)/t16-,17-,18-,19-,22-/m1/s1. The van der Waals surface area contributed by atoms with Crippen LogP contribution in [0.5, 0.6) is 6.01 Å². The average Bonchev–Trinajstić information content (AvgIpc) is 3.54. The van der Waals surface area contributed by atoms with Gasteiger partial charge in [0.15, 0.2) is 27.2 Å². The highest BCUT2D eigenvalue weighted by Crippen LogP contribution is 2.39. The molecule has 2 aliphatic rings. The number of nitrogens with zero attached hydrogens (tertiary/aromatic N) is 4. The van der Waals surface area contributed by atoms with E-state index in [9.17, 15) is 23.2 Å². The van der Waals surface area contributed by atoms with Crippen molar-refractivity contribution in [3.8, 4) is 6.01 Å². The van der Waals surface area contributed by atoms with Crippen LogP contribution >= 0.6 is 7.60 Å². The average molecular weight is 584 g/mol. The molecule has 39 heavy (non-hydrogen) atoms. The molecule has 2 aromatic heterocycles. The van der Waals surface area contributed by atoms with Crippen LogP contribution in [0.2, 0.25) is 0 Å². The van der Waals surface area contributed by atoms with Gasteiger partial charge in [-0.05, 0) is 30.4 Å². The van der Waals surface area contributed by atoms with Crippen molar-refractivity contribution < 1.29 is 42.5 Å². The zero-order valence-corrected chi connectivity index (χ0v) is 22.7. The molecule has 3 heterocycles. The van der Waals surface area contributed by atoms with E-state index in [1.165, 1.54) is 16.4 Å². The van der Waals surface area contributed by atoms with E-state index in [1.807, 2.05) is 19.1 Å². The number of aromatic nitrogens is 4. The van der Waals surface area contributed by atoms with Crippen molar-refractivity contribution in [2.45, 2.75) is 56.8 Å². The zero-order valence-electron chi connectivity index (χ0n) is 21.0. The summed E-state index contributed by atoms with van der Waals surface area (Å²) in [5.41, 5.74) is 1.22. The van der Waals surface area contributed by atoms with Gasteiger partial charge in [-0.15, -0.1) is 0 Å². The lowest BCUT2D eigenvalue weighted by Crippen LogP contribution is -2.36. The number of fused-ring (bicyclic) bond motifs is 2. The maximum Gasteiger partial charge on any atom is 0.340 e. The quantitative estimate of drug-likeness (QED) is 0.210. The topological polar surface area (TPSA) is 206 Å². The first-order chi connectivity index (χ1) is 18.5. The number of nitrogens with one attached hydrogen (secondary N) is 1. The van der Waals surface area contributed by atoms with Crippen LogP contribution in [-0.2, 0) is 25.6 Å². The summed E-state index contributed by atoms with van der Waals surface area (Å²) in [5, 5.41) is 29.5. The molecular formula is C23H30N5O9PS. The zero-order chi connectivity index (χ0) is 27.9. The van der Waals surface area contributed by atoms with Crippen molar-refractivity contribution >= 4 is 34.3 Å². The summed E-state index contributed by atoms with van der Waals surface area (Å²) in [7, 11) is -9.19. The largest absolute Gasteiger partial charge is 0.463 e. The number of anilines is 1. The second kappa shape index (κ2) is 10.7. The van der Waals surface area contributed by atoms with E-state index in [2.05, 4.69) is 32.5 Å². The molecule has 14 nitrogen and oxygen atoms in total. The lowest BCUT2D eigenvalue weighted by molar-refractivity contribution is -0.0365. The van der Waals surface area contributed by atoms with Gasteiger partial charge in [-0.3, -0.25) is 4.57 Å². The van der Waals surface area contributed by atoms with Gasteiger partial charge < -0.3 is 34.8 Å². The summed E-state index contributed by atoms with van der Waals surface area (Å²) in [6.45, 7) is 2.29. The summed E-state index contributed by atoms with van der Waals surface area (Å²) < 4.78 is 48.3. The molecule has 0 radical (unpaired) electrons. The summed E-state index contributed by atoms with van der Waals surface area (Å²) in [5.74, 6) is -0.451. The van der Waals surface area contributed by atoms with Crippen molar-refractivity contribution in [2.24, 2.45) is 0 Å². The fourth-order valence-corrected chi connectivity index (χ4v) is 8.21. The molecule has 1 aromatic carbocycles. The van der Waals surface area contributed by atoms with Gasteiger partial charge in [0.2, 0.25) is 0 Å². The summed E-state index contributed by atoms with van der Waals surface area (Å²) in [6, 6.07) is 8.16. The molecule has 5 N–H and O–H groups in total. The lowest BCUT2D eigenvalue weighted by Gasteiger charge is -2.18. The van der Waals surface area contributed by atoms with Crippen LogP contribution in [0.25, 0.3) is 11.0 Å². The van der Waals surface area contributed by atoms with E-state index >= 15 is 0 Å². The third-order valence-electron chi connectivity index (χ3n) is 6.67. The van der Waals surface area contributed by atoms with Crippen LogP contribution < -0.4 is 10.1 Å². The molecule has 1 aliphatic heterocycles. The van der Waals surface area contributed by atoms with Gasteiger partial charge in [-0.1, -0.05) is 31.2 Å². The number of rotatable bonds is 10. The van der Waals surface area contributed by atoms with E-state index in [4.69, 9.17) is 19.3 Å². The Balaban J connectivity index is 1.46. The Morgan fingerprint density at radius 3 is 2.72 bits per heavy atom. The molecule has 16 heteroatoms. The number of hydrogen-bond acceptors (Lipinski definition) is 11. The number of benzene rings is 1. The Bertz CT molecular complexity index is 1510. The molecular weight excluding hydrogens is 553 g/mol. The highest BCUT2D eigenvalue weighted by Gasteiger charge is 2.47. The number of sulfone groups is 1. The van der Waals surface area contributed by atoms with E-state index < -0.39 is 53.2 Å². The first kappa shape index (κ1) is 27.9. The number of aliphatic hydroxyl groups is 2. The molecule has 0 unspecified atom stereocenters. The van der Waals surface area contributed by atoms with Crippen molar-refractivity contribution in [2.75, 3.05) is 23.2 Å². The Hall–Kier alpha value is -2.65. The van der Waals surface area contributed by atoms with Gasteiger partial charge in [-0.2, -0.15) is 15.1 Å². The molecule has 0 amide bonds. The van der Waals surface area contributed by atoms with E-state index in [1.54, 1.807) is 0 Å². The smallest absolute Gasteiger partial charge is 0.340 e. The first-order valence-electron chi connectivity index (χ1n) is 12.4. The summed E-state index contributed by atoms with van der Waals surface area (Å²) in [4.78, 5) is 27.1. The number of aryl methyl sites for hydroxylation is 1. The van der Waals surface area contributed by atoms with Crippen LogP contribution in [-0.4, -0.2) is 84.3 Å². The number of aliphatic hydroxyl groups excluding tert-OH is 2. The molecule has 1 fully saturated rings. The number of ether oxygens (including phenoxy) is 2. The Kier molecular flexibility index (Phi) is 7.68. The van der Waals surface area contributed by atoms with E-state index in [0.29, 0.717) is 24.2 Å². The third-order valence-corrected chi connectivity index (χ3v) is 10.4. The summed E-state index contributed by atoms with van der Waals surface area (Å²) in [6.07, 6.45) is -2.10. The van der Waals surface area contributed by atoms with Crippen molar-refractivity contribution in [1.82, 2.24) is 19.7 Å². The Morgan fingerprint density at radius 1 is 1.21 bits per heavy atom. The molecule has 3 aromatic rings. The molecule has 1 saturated heterocycles. The SMILES string of the molecule is CCCOc1nc(N[C@@H]2CCc3ccccc32)c2cnn([C@@H]3O[C@H](CS(=O)(=O)CP(=O)(O)O)[C@@H](O)[C@H]3O)c2n1. The highest BCUT2D eigenvalue weighted by molar-refractivity contribution is 7.97. The Labute approximate surface area is 224 Å². The monoisotopic (exact) mass is 583 g/mol. The Morgan fingerprint density at radius 2 is 1.97 bits per heavy atom. The van der Waals surface area contributed by atoms with Crippen LogP contribution in [0.3, 0.4) is 0 Å². The van der Waals surface area contributed by atoms with Gasteiger partial charge in [0.1, 0.15) is 24.1 Å². The minimum absolute atomic E-state index is 0.0135.